The highest BCUT2D eigenvalue weighted by Gasteiger charge is 2.48. The van der Waals surface area contributed by atoms with E-state index in [0.717, 1.165) is 38.8 Å². The van der Waals surface area contributed by atoms with Crippen LogP contribution in [0.1, 0.15) is 55.3 Å². The standard InChI is InChI=1S/C24H29F2N5O3/c25-20-8-16-11-30(12-17(16)9-21(20)26)22(32)10-24(5-6-24)15-29-7-1-2-19(29)14-31-13-18(27-28-31)3-4-23(33)34/h8-9,13,19H,1-7,10-12,14-15H2,(H,33,34). The van der Waals surface area contributed by atoms with E-state index in [1.165, 1.54) is 12.1 Å². The number of carbonyl (C=O) groups is 2. The third-order valence-corrected chi connectivity index (χ3v) is 7.42. The Morgan fingerprint density at radius 3 is 2.50 bits per heavy atom. The average Bonchev–Trinajstić information content (AvgIpc) is 3.13. The molecular formula is C24H29F2N5O3. The van der Waals surface area contributed by atoms with Crippen molar-refractivity contribution in [2.45, 2.75) is 70.6 Å². The van der Waals surface area contributed by atoms with E-state index in [4.69, 9.17) is 5.11 Å². The van der Waals surface area contributed by atoms with Crippen molar-refractivity contribution in [2.75, 3.05) is 13.1 Å². The largest absolute Gasteiger partial charge is 0.481 e. The van der Waals surface area contributed by atoms with Gasteiger partial charge in [-0.25, -0.2) is 8.78 Å². The summed E-state index contributed by atoms with van der Waals surface area (Å²) in [7, 11) is 0. The minimum Gasteiger partial charge on any atom is -0.481 e. The van der Waals surface area contributed by atoms with Crippen LogP contribution in [0.4, 0.5) is 8.78 Å². The molecular weight excluding hydrogens is 444 g/mol. The quantitative estimate of drug-likeness (QED) is 0.602. The van der Waals surface area contributed by atoms with Gasteiger partial charge in [0.2, 0.25) is 5.91 Å². The molecule has 0 spiro atoms. The molecule has 8 nitrogen and oxygen atoms in total. The second-order valence-electron chi connectivity index (χ2n) is 10.1. The molecule has 5 rings (SSSR count). The van der Waals surface area contributed by atoms with Gasteiger partial charge in [-0.15, -0.1) is 5.10 Å². The van der Waals surface area contributed by atoms with Crippen LogP contribution in [0.15, 0.2) is 18.3 Å². The highest BCUT2D eigenvalue weighted by atomic mass is 19.2. The minimum atomic E-state index is -0.867. The Labute approximate surface area is 196 Å². The summed E-state index contributed by atoms with van der Waals surface area (Å²) in [4.78, 5) is 28.0. The van der Waals surface area contributed by atoms with Crippen LogP contribution in [0.3, 0.4) is 0 Å². The average molecular weight is 474 g/mol. The minimum absolute atomic E-state index is 0.0278. The molecule has 2 fully saturated rings. The Bertz CT molecular complexity index is 1070. The van der Waals surface area contributed by atoms with Gasteiger partial charge in [-0.3, -0.25) is 19.2 Å². The molecule has 1 saturated carbocycles. The zero-order valence-electron chi connectivity index (χ0n) is 19.1. The molecule has 1 aliphatic carbocycles. The fraction of sp³-hybridized carbons (Fsp3) is 0.583. The molecule has 34 heavy (non-hydrogen) atoms. The van der Waals surface area contributed by atoms with Gasteiger partial charge >= 0.3 is 5.97 Å². The summed E-state index contributed by atoms with van der Waals surface area (Å²) in [5, 5.41) is 17.1. The predicted molar refractivity (Wildman–Crippen MR) is 117 cm³/mol. The molecule has 2 aromatic rings. The molecule has 1 aromatic carbocycles. The van der Waals surface area contributed by atoms with E-state index in [2.05, 4.69) is 15.2 Å². The number of benzene rings is 1. The molecule has 1 amide bonds. The van der Waals surface area contributed by atoms with E-state index < -0.39 is 17.6 Å². The van der Waals surface area contributed by atoms with Crippen LogP contribution < -0.4 is 0 Å². The summed E-state index contributed by atoms with van der Waals surface area (Å²) in [6.45, 7) is 3.21. The summed E-state index contributed by atoms with van der Waals surface area (Å²) in [5.41, 5.74) is 2.03. The number of aryl methyl sites for hydroxylation is 1. The Balaban J connectivity index is 1.16. The maximum absolute atomic E-state index is 13.6. The Morgan fingerprint density at radius 2 is 1.85 bits per heavy atom. The van der Waals surface area contributed by atoms with Crippen LogP contribution in [-0.4, -0.2) is 60.9 Å². The van der Waals surface area contributed by atoms with Crippen molar-refractivity contribution >= 4 is 11.9 Å². The number of hydrogen-bond donors (Lipinski definition) is 1. The van der Waals surface area contributed by atoms with Crippen LogP contribution in [0.25, 0.3) is 0 Å². The number of aromatic nitrogens is 3. The fourth-order valence-corrected chi connectivity index (χ4v) is 5.30. The van der Waals surface area contributed by atoms with E-state index in [1.54, 1.807) is 9.58 Å². The van der Waals surface area contributed by atoms with Crippen molar-refractivity contribution in [1.29, 1.82) is 0 Å². The lowest BCUT2D eigenvalue weighted by Gasteiger charge is -2.29. The topological polar surface area (TPSA) is 91.6 Å². The van der Waals surface area contributed by atoms with Gasteiger partial charge in [-0.2, -0.15) is 0 Å². The molecule has 0 radical (unpaired) electrons. The van der Waals surface area contributed by atoms with E-state index >= 15 is 0 Å². The lowest BCUT2D eigenvalue weighted by atomic mass is 10.00. The molecule has 1 saturated heterocycles. The van der Waals surface area contributed by atoms with Gasteiger partial charge in [0.05, 0.1) is 18.7 Å². The Hall–Kier alpha value is -2.88. The van der Waals surface area contributed by atoms with Crippen LogP contribution in [0, 0.1) is 17.0 Å². The Kier molecular flexibility index (Phi) is 6.09. The SMILES string of the molecule is O=C(O)CCc1cn(CC2CCCN2CC2(CC(=O)N3Cc4cc(F)c(F)cc4C3)CC2)nn1. The highest BCUT2D eigenvalue weighted by Crippen LogP contribution is 2.51. The zero-order valence-corrected chi connectivity index (χ0v) is 19.1. The van der Waals surface area contributed by atoms with E-state index in [0.29, 0.717) is 55.3 Å². The van der Waals surface area contributed by atoms with Crippen molar-refractivity contribution in [3.8, 4) is 0 Å². The molecule has 10 heteroatoms. The van der Waals surface area contributed by atoms with Crippen LogP contribution in [-0.2, 0) is 35.6 Å². The number of carbonyl (C=O) groups excluding carboxylic acids is 1. The lowest BCUT2D eigenvalue weighted by Crippen LogP contribution is -2.39. The molecule has 0 bridgehead atoms. The third-order valence-electron chi connectivity index (χ3n) is 7.42. The Morgan fingerprint density at radius 1 is 1.15 bits per heavy atom. The van der Waals surface area contributed by atoms with Gasteiger partial charge in [0.1, 0.15) is 0 Å². The first-order valence-electron chi connectivity index (χ1n) is 11.9. The first-order valence-corrected chi connectivity index (χ1v) is 11.9. The van der Waals surface area contributed by atoms with Crippen molar-refractivity contribution in [3.05, 3.63) is 46.8 Å². The fourth-order valence-electron chi connectivity index (χ4n) is 5.30. The number of halogens is 2. The maximum Gasteiger partial charge on any atom is 0.303 e. The lowest BCUT2D eigenvalue weighted by molar-refractivity contribution is -0.137. The second-order valence-corrected chi connectivity index (χ2v) is 10.1. The normalized spacial score (nSPS) is 21.1. The molecule has 1 N–H and O–H groups in total. The molecule has 3 aliphatic rings. The molecule has 2 aliphatic heterocycles. The van der Waals surface area contributed by atoms with Gasteiger partial charge in [0, 0.05) is 44.7 Å². The number of amides is 1. The number of hydrogen-bond acceptors (Lipinski definition) is 5. The molecule has 1 unspecified atom stereocenters. The van der Waals surface area contributed by atoms with Gasteiger partial charge in [-0.05, 0) is 60.9 Å². The van der Waals surface area contributed by atoms with Crippen LogP contribution in [0.2, 0.25) is 0 Å². The summed E-state index contributed by atoms with van der Waals surface area (Å²) < 4.78 is 28.9. The van der Waals surface area contributed by atoms with Gasteiger partial charge in [0.25, 0.3) is 0 Å². The van der Waals surface area contributed by atoms with Crippen molar-refractivity contribution in [1.82, 2.24) is 24.8 Å². The second kappa shape index (κ2) is 9.05. The number of carboxylic acid groups (broad SMARTS) is 1. The number of carboxylic acids is 1. The summed E-state index contributed by atoms with van der Waals surface area (Å²) >= 11 is 0. The number of nitrogens with zero attached hydrogens (tertiary/aromatic N) is 5. The van der Waals surface area contributed by atoms with Crippen molar-refractivity contribution < 1.29 is 23.5 Å². The summed E-state index contributed by atoms with van der Waals surface area (Å²) in [6, 6.07) is 2.72. The monoisotopic (exact) mass is 473 g/mol. The number of aliphatic carboxylic acids is 1. The molecule has 1 atom stereocenters. The van der Waals surface area contributed by atoms with Crippen LogP contribution in [0.5, 0.6) is 0 Å². The van der Waals surface area contributed by atoms with Gasteiger partial charge < -0.3 is 10.0 Å². The highest BCUT2D eigenvalue weighted by molar-refractivity contribution is 5.78. The van der Waals surface area contributed by atoms with Crippen molar-refractivity contribution in [3.63, 3.8) is 0 Å². The first kappa shape index (κ1) is 22.9. The third kappa shape index (κ3) is 4.96. The van der Waals surface area contributed by atoms with E-state index in [-0.39, 0.29) is 17.7 Å². The first-order chi connectivity index (χ1) is 16.3. The van der Waals surface area contributed by atoms with Gasteiger partial charge in [-0.1, -0.05) is 5.21 Å². The summed E-state index contributed by atoms with van der Waals surface area (Å²) in [6.07, 6.45) is 6.85. The predicted octanol–water partition coefficient (Wildman–Crippen LogP) is 2.75. The van der Waals surface area contributed by atoms with Crippen molar-refractivity contribution in [2.24, 2.45) is 5.41 Å². The smallest absolute Gasteiger partial charge is 0.303 e. The molecule has 3 heterocycles. The number of rotatable bonds is 9. The number of likely N-dealkylation sites (tertiary alicyclic amines) is 1. The van der Waals surface area contributed by atoms with E-state index in [9.17, 15) is 18.4 Å². The maximum atomic E-state index is 13.6. The van der Waals surface area contributed by atoms with Gasteiger partial charge in [0.15, 0.2) is 11.6 Å². The molecule has 182 valence electrons. The zero-order chi connectivity index (χ0) is 23.9. The van der Waals surface area contributed by atoms with Crippen LogP contribution >= 0.6 is 0 Å². The summed E-state index contributed by atoms with van der Waals surface area (Å²) in [5.74, 6) is -2.54. The van der Waals surface area contributed by atoms with E-state index in [1.807, 2.05) is 6.20 Å². The number of fused-ring (bicyclic) bond motifs is 1. The molecule has 1 aromatic heterocycles.